The zero-order chi connectivity index (χ0) is 20.1. The lowest BCUT2D eigenvalue weighted by molar-refractivity contribution is -0.123. The van der Waals surface area contributed by atoms with Crippen LogP contribution in [0.15, 0.2) is 12.1 Å². The van der Waals surface area contributed by atoms with E-state index in [9.17, 15) is 14.7 Å². The van der Waals surface area contributed by atoms with Crippen molar-refractivity contribution in [2.45, 2.75) is 65.1 Å². The van der Waals surface area contributed by atoms with Gasteiger partial charge in [0.25, 0.3) is 0 Å². The van der Waals surface area contributed by atoms with Crippen molar-refractivity contribution < 1.29 is 19.4 Å². The Labute approximate surface area is 182 Å². The van der Waals surface area contributed by atoms with Crippen LogP contribution in [0.3, 0.4) is 0 Å². The number of carbonyl (C=O) groups is 2. The van der Waals surface area contributed by atoms with Gasteiger partial charge in [-0.25, -0.2) is 4.79 Å². The van der Waals surface area contributed by atoms with Crippen molar-refractivity contribution in [3.63, 3.8) is 0 Å². The van der Waals surface area contributed by atoms with Gasteiger partial charge in [-0.3, -0.25) is 4.79 Å². The van der Waals surface area contributed by atoms with Crippen molar-refractivity contribution in [1.82, 2.24) is 10.6 Å². The summed E-state index contributed by atoms with van der Waals surface area (Å²) < 4.78 is 6.68. The summed E-state index contributed by atoms with van der Waals surface area (Å²) in [6.07, 6.45) is 0.457. The molecule has 0 spiro atoms. The highest BCUT2D eigenvalue weighted by molar-refractivity contribution is 14.1. The number of halogens is 2. The highest BCUT2D eigenvalue weighted by Crippen LogP contribution is 2.28. The molecule has 0 fully saturated rings. The molecule has 1 rings (SSSR count). The number of amides is 2. The van der Waals surface area contributed by atoms with E-state index >= 15 is 0 Å². The fourth-order valence-electron chi connectivity index (χ4n) is 2.08. The average molecular weight is 588 g/mol. The van der Waals surface area contributed by atoms with E-state index in [1.54, 1.807) is 32.9 Å². The Hall–Kier alpha value is -0.780. The lowest BCUT2D eigenvalue weighted by Gasteiger charge is -2.24. The molecule has 0 heterocycles. The van der Waals surface area contributed by atoms with Gasteiger partial charge in [-0.2, -0.15) is 0 Å². The summed E-state index contributed by atoms with van der Waals surface area (Å²) in [5.41, 5.74) is 0.197. The van der Waals surface area contributed by atoms with Gasteiger partial charge >= 0.3 is 6.09 Å². The van der Waals surface area contributed by atoms with Crippen molar-refractivity contribution in [3.05, 3.63) is 24.8 Å². The van der Waals surface area contributed by atoms with Gasteiger partial charge < -0.3 is 20.5 Å². The highest BCUT2D eigenvalue weighted by Gasteiger charge is 2.26. The second kappa shape index (κ2) is 9.95. The van der Waals surface area contributed by atoms with Crippen molar-refractivity contribution in [2.24, 2.45) is 0 Å². The highest BCUT2D eigenvalue weighted by atomic mass is 127. The number of carbonyl (C=O) groups excluding carboxylic acids is 2. The number of phenols is 1. The lowest BCUT2D eigenvalue weighted by Crippen LogP contribution is -2.51. The molecule has 26 heavy (non-hydrogen) atoms. The molecule has 6 nitrogen and oxygen atoms in total. The zero-order valence-electron chi connectivity index (χ0n) is 15.7. The molecule has 2 atom stereocenters. The van der Waals surface area contributed by atoms with E-state index < -0.39 is 17.7 Å². The first-order chi connectivity index (χ1) is 11.9. The van der Waals surface area contributed by atoms with E-state index in [1.165, 1.54) is 0 Å². The van der Waals surface area contributed by atoms with Crippen LogP contribution in [0, 0.1) is 7.14 Å². The minimum Gasteiger partial charge on any atom is -0.506 e. The number of hydrogen-bond donors (Lipinski definition) is 3. The van der Waals surface area contributed by atoms with Gasteiger partial charge in [0.1, 0.15) is 17.4 Å². The summed E-state index contributed by atoms with van der Waals surface area (Å²) in [6, 6.07) is 2.84. The molecule has 1 aromatic carbocycles. The lowest BCUT2D eigenvalue weighted by atomic mass is 10.0. The molecular weight excluding hydrogens is 562 g/mol. The van der Waals surface area contributed by atoms with Gasteiger partial charge in [0.05, 0.1) is 7.14 Å². The van der Waals surface area contributed by atoms with Gasteiger partial charge in [0, 0.05) is 12.5 Å². The topological polar surface area (TPSA) is 87.7 Å². The minimum absolute atomic E-state index is 0.00512. The van der Waals surface area contributed by atoms with E-state index in [0.717, 1.165) is 12.0 Å². The monoisotopic (exact) mass is 588 g/mol. The maximum atomic E-state index is 12.6. The molecule has 1 aromatic rings. The average Bonchev–Trinajstić information content (AvgIpc) is 2.49. The normalized spacial score (nSPS) is 13.7. The third-order valence-electron chi connectivity index (χ3n) is 3.52. The Balaban J connectivity index is 3.00. The molecule has 3 N–H and O–H groups in total. The van der Waals surface area contributed by atoms with Gasteiger partial charge in [-0.1, -0.05) is 6.92 Å². The van der Waals surface area contributed by atoms with Crippen LogP contribution in [0.1, 0.15) is 46.6 Å². The molecule has 0 aliphatic carbocycles. The third-order valence-corrected chi connectivity index (χ3v) is 5.17. The molecule has 0 saturated heterocycles. The summed E-state index contributed by atoms with van der Waals surface area (Å²) in [7, 11) is 0. The fourth-order valence-corrected chi connectivity index (χ4v) is 3.97. The van der Waals surface area contributed by atoms with E-state index in [0.29, 0.717) is 13.6 Å². The minimum atomic E-state index is -0.769. The molecule has 146 valence electrons. The number of alkyl carbamates (subject to hydrolysis) is 1. The first-order valence-electron chi connectivity index (χ1n) is 8.39. The third kappa shape index (κ3) is 7.85. The molecule has 2 amide bonds. The van der Waals surface area contributed by atoms with Crippen molar-refractivity contribution in [2.75, 3.05) is 0 Å². The number of benzene rings is 1. The van der Waals surface area contributed by atoms with Crippen LogP contribution in [0.4, 0.5) is 4.79 Å². The van der Waals surface area contributed by atoms with Crippen LogP contribution in [-0.4, -0.2) is 34.8 Å². The number of phenolic OH excluding ortho intramolecular Hbond substituents is 1. The number of aromatic hydroxyl groups is 1. The molecule has 0 aromatic heterocycles. The standard InChI is InChI=1S/C18H26I2N2O4/c1-6-10(2)21-16(24)14(22-17(25)26-18(3,4)5)9-11-7-12(19)15(23)13(20)8-11/h7-8,10,14,23H,6,9H2,1-5H3,(H,21,24)(H,22,25)/t10-,14+/m0/s1. The van der Waals surface area contributed by atoms with Crippen molar-refractivity contribution >= 4 is 57.2 Å². The second-order valence-electron chi connectivity index (χ2n) is 7.13. The van der Waals surface area contributed by atoms with Crippen LogP contribution in [0.5, 0.6) is 5.75 Å². The molecule has 0 radical (unpaired) electrons. The van der Waals surface area contributed by atoms with Crippen LogP contribution < -0.4 is 10.6 Å². The summed E-state index contributed by atoms with van der Waals surface area (Å²) in [5, 5.41) is 15.5. The summed E-state index contributed by atoms with van der Waals surface area (Å²) in [5.74, 6) is -0.0426. The quantitative estimate of drug-likeness (QED) is 0.440. The van der Waals surface area contributed by atoms with Crippen LogP contribution in [0.2, 0.25) is 0 Å². The number of ether oxygens (including phenoxy) is 1. The van der Waals surface area contributed by atoms with Crippen molar-refractivity contribution in [1.29, 1.82) is 0 Å². The summed E-state index contributed by atoms with van der Waals surface area (Å²) >= 11 is 4.08. The summed E-state index contributed by atoms with van der Waals surface area (Å²) in [6.45, 7) is 9.20. The maximum Gasteiger partial charge on any atom is 0.408 e. The fraction of sp³-hybridized carbons (Fsp3) is 0.556. The molecule has 0 bridgehead atoms. The number of hydrogen-bond acceptors (Lipinski definition) is 4. The molecule has 0 aliphatic rings. The van der Waals surface area contributed by atoms with Gasteiger partial charge in [0.15, 0.2) is 0 Å². The predicted octanol–water partition coefficient (Wildman–Crippen LogP) is 3.95. The molecule has 8 heteroatoms. The van der Waals surface area contributed by atoms with Gasteiger partial charge in [-0.15, -0.1) is 0 Å². The van der Waals surface area contributed by atoms with Crippen LogP contribution in [-0.2, 0) is 16.0 Å². The number of rotatable bonds is 6. The van der Waals surface area contributed by atoms with E-state index in [2.05, 4.69) is 10.6 Å². The largest absolute Gasteiger partial charge is 0.506 e. The van der Waals surface area contributed by atoms with Gasteiger partial charge in [0.2, 0.25) is 5.91 Å². The van der Waals surface area contributed by atoms with Crippen molar-refractivity contribution in [3.8, 4) is 5.75 Å². The first kappa shape index (κ1) is 23.3. The SMILES string of the molecule is CC[C@H](C)NC(=O)[C@@H](Cc1cc(I)c(O)c(I)c1)NC(=O)OC(C)(C)C. The Kier molecular flexibility index (Phi) is 8.90. The van der Waals surface area contributed by atoms with E-state index in [1.807, 2.05) is 59.0 Å². The van der Waals surface area contributed by atoms with E-state index in [-0.39, 0.29) is 17.7 Å². The smallest absolute Gasteiger partial charge is 0.408 e. The molecule has 0 saturated carbocycles. The summed E-state index contributed by atoms with van der Waals surface area (Å²) in [4.78, 5) is 24.8. The predicted molar refractivity (Wildman–Crippen MR) is 118 cm³/mol. The van der Waals surface area contributed by atoms with Gasteiger partial charge in [-0.05, 0) is 97.0 Å². The Bertz CT molecular complexity index is 636. The molecule has 0 aliphatic heterocycles. The Morgan fingerprint density at radius 3 is 2.19 bits per heavy atom. The Morgan fingerprint density at radius 2 is 1.73 bits per heavy atom. The second-order valence-corrected chi connectivity index (χ2v) is 9.45. The van der Waals surface area contributed by atoms with E-state index in [4.69, 9.17) is 4.74 Å². The molecular formula is C18H26I2N2O4. The first-order valence-corrected chi connectivity index (χ1v) is 10.6. The zero-order valence-corrected chi connectivity index (χ0v) is 20.0. The van der Waals surface area contributed by atoms with Crippen LogP contribution >= 0.6 is 45.2 Å². The molecule has 0 unspecified atom stereocenters. The maximum absolute atomic E-state index is 12.6. The van der Waals surface area contributed by atoms with Crippen LogP contribution in [0.25, 0.3) is 0 Å². The number of nitrogens with one attached hydrogen (secondary N) is 2. The Morgan fingerprint density at radius 1 is 1.19 bits per heavy atom.